The van der Waals surface area contributed by atoms with Crippen LogP contribution in [-0.4, -0.2) is 53.6 Å². The number of carbonyl (C=O) groups is 2. The molecule has 6 nitrogen and oxygen atoms in total. The van der Waals surface area contributed by atoms with Crippen molar-refractivity contribution in [2.45, 2.75) is 24.9 Å². The summed E-state index contributed by atoms with van der Waals surface area (Å²) in [6, 6.07) is 4.44. The summed E-state index contributed by atoms with van der Waals surface area (Å²) in [4.78, 5) is 25.2. The lowest BCUT2D eigenvalue weighted by atomic mass is 9.98. The molecule has 23 heavy (non-hydrogen) atoms. The predicted molar refractivity (Wildman–Crippen MR) is 78.6 cm³/mol. The number of anilines is 1. The second-order valence-corrected chi connectivity index (χ2v) is 5.84. The minimum Gasteiger partial charge on any atom is -0.382 e. The maximum Gasteiger partial charge on any atom is 0.321 e. The first-order chi connectivity index (χ1) is 10.9. The number of hydrogen-bond donors (Lipinski definition) is 3. The van der Waals surface area contributed by atoms with E-state index >= 15 is 0 Å². The molecule has 0 spiro atoms. The Morgan fingerprint density at radius 2 is 2.22 bits per heavy atom. The molecule has 1 saturated heterocycles. The molecule has 1 atom stereocenters. The SMILES string of the molecule is O=C1NCCc2c(NC(=O)N3CCC(O)(C(F)F)C3)cccc21. The summed E-state index contributed by atoms with van der Waals surface area (Å²) in [7, 11) is 0. The third-order valence-electron chi connectivity index (χ3n) is 4.30. The fourth-order valence-electron chi connectivity index (χ4n) is 2.95. The highest BCUT2D eigenvalue weighted by Gasteiger charge is 2.45. The topological polar surface area (TPSA) is 81.7 Å². The van der Waals surface area contributed by atoms with E-state index in [2.05, 4.69) is 10.6 Å². The Hall–Kier alpha value is -2.22. The largest absolute Gasteiger partial charge is 0.382 e. The Balaban J connectivity index is 1.75. The highest BCUT2D eigenvalue weighted by molar-refractivity contribution is 6.00. The predicted octanol–water partition coefficient (Wildman–Crippen LogP) is 1.21. The van der Waals surface area contributed by atoms with Gasteiger partial charge in [0.2, 0.25) is 0 Å². The van der Waals surface area contributed by atoms with Gasteiger partial charge in [0.1, 0.15) is 5.60 Å². The monoisotopic (exact) mass is 325 g/mol. The number of carbonyl (C=O) groups excluding carboxylic acids is 2. The average molecular weight is 325 g/mol. The van der Waals surface area contributed by atoms with Crippen LogP contribution < -0.4 is 10.6 Å². The number of benzene rings is 1. The van der Waals surface area contributed by atoms with Crippen molar-refractivity contribution in [2.75, 3.05) is 25.0 Å². The molecular formula is C15H17F2N3O3. The van der Waals surface area contributed by atoms with Crippen LogP contribution in [0.4, 0.5) is 19.3 Å². The van der Waals surface area contributed by atoms with Gasteiger partial charge in [0, 0.05) is 30.8 Å². The molecule has 0 bridgehead atoms. The lowest BCUT2D eigenvalue weighted by Crippen LogP contribution is -2.43. The van der Waals surface area contributed by atoms with Crippen LogP contribution in [0, 0.1) is 0 Å². The van der Waals surface area contributed by atoms with Crippen LogP contribution in [-0.2, 0) is 6.42 Å². The van der Waals surface area contributed by atoms with Gasteiger partial charge < -0.3 is 20.6 Å². The van der Waals surface area contributed by atoms with Gasteiger partial charge in [0.15, 0.2) is 0 Å². The summed E-state index contributed by atoms with van der Waals surface area (Å²) >= 11 is 0. The van der Waals surface area contributed by atoms with Crippen molar-refractivity contribution in [1.29, 1.82) is 0 Å². The molecule has 3 N–H and O–H groups in total. The van der Waals surface area contributed by atoms with Crippen LogP contribution in [0.15, 0.2) is 18.2 Å². The van der Waals surface area contributed by atoms with E-state index in [0.717, 1.165) is 10.5 Å². The first-order valence-corrected chi connectivity index (χ1v) is 7.37. The van der Waals surface area contributed by atoms with Crippen molar-refractivity contribution >= 4 is 17.6 Å². The zero-order chi connectivity index (χ0) is 16.6. The third-order valence-corrected chi connectivity index (χ3v) is 4.30. The number of nitrogens with zero attached hydrogens (tertiary/aromatic N) is 1. The number of amides is 3. The van der Waals surface area contributed by atoms with E-state index in [1.165, 1.54) is 0 Å². The van der Waals surface area contributed by atoms with E-state index in [1.807, 2.05) is 0 Å². The maximum absolute atomic E-state index is 12.8. The van der Waals surface area contributed by atoms with Crippen LogP contribution in [0.1, 0.15) is 22.3 Å². The van der Waals surface area contributed by atoms with E-state index in [9.17, 15) is 23.5 Å². The van der Waals surface area contributed by atoms with Gasteiger partial charge in [0.05, 0.1) is 6.54 Å². The number of fused-ring (bicyclic) bond motifs is 1. The zero-order valence-electron chi connectivity index (χ0n) is 12.3. The first-order valence-electron chi connectivity index (χ1n) is 7.37. The van der Waals surface area contributed by atoms with E-state index in [1.54, 1.807) is 18.2 Å². The normalized spacial score (nSPS) is 23.7. The minimum absolute atomic E-state index is 0.0577. The highest BCUT2D eigenvalue weighted by Crippen LogP contribution is 2.29. The summed E-state index contributed by atoms with van der Waals surface area (Å²) in [5.41, 5.74) is -0.421. The van der Waals surface area contributed by atoms with Crippen LogP contribution in [0.3, 0.4) is 0 Å². The molecule has 1 aromatic rings. The van der Waals surface area contributed by atoms with Gasteiger partial charge in [-0.1, -0.05) is 6.07 Å². The Kier molecular flexibility index (Phi) is 3.93. The number of nitrogens with one attached hydrogen (secondary N) is 2. The molecular weight excluding hydrogens is 308 g/mol. The van der Waals surface area contributed by atoms with Crippen molar-refractivity contribution in [1.82, 2.24) is 10.2 Å². The van der Waals surface area contributed by atoms with Gasteiger partial charge in [0.25, 0.3) is 12.3 Å². The second kappa shape index (κ2) is 5.77. The van der Waals surface area contributed by atoms with E-state index < -0.39 is 24.6 Å². The van der Waals surface area contributed by atoms with Gasteiger partial charge >= 0.3 is 6.03 Å². The smallest absolute Gasteiger partial charge is 0.321 e. The van der Waals surface area contributed by atoms with Crippen molar-refractivity contribution in [2.24, 2.45) is 0 Å². The third kappa shape index (κ3) is 2.86. The second-order valence-electron chi connectivity index (χ2n) is 5.84. The Labute approximate surface area is 131 Å². The fraction of sp³-hybridized carbons (Fsp3) is 0.467. The number of hydrogen-bond acceptors (Lipinski definition) is 3. The number of alkyl halides is 2. The van der Waals surface area contributed by atoms with Crippen LogP contribution in [0.5, 0.6) is 0 Å². The van der Waals surface area contributed by atoms with Crippen molar-refractivity contribution < 1.29 is 23.5 Å². The van der Waals surface area contributed by atoms with Gasteiger partial charge in [-0.25, -0.2) is 13.6 Å². The van der Waals surface area contributed by atoms with Crippen molar-refractivity contribution in [3.63, 3.8) is 0 Å². The molecule has 1 aromatic carbocycles. The summed E-state index contributed by atoms with van der Waals surface area (Å²) in [6.07, 6.45) is -2.47. The average Bonchev–Trinajstić information content (AvgIpc) is 2.92. The van der Waals surface area contributed by atoms with Gasteiger partial charge in [-0.05, 0) is 24.1 Å². The summed E-state index contributed by atoms with van der Waals surface area (Å²) < 4.78 is 25.6. The summed E-state index contributed by atoms with van der Waals surface area (Å²) in [5.74, 6) is -0.199. The van der Waals surface area contributed by atoms with Gasteiger partial charge in [-0.15, -0.1) is 0 Å². The Morgan fingerprint density at radius 3 is 2.91 bits per heavy atom. The van der Waals surface area contributed by atoms with Gasteiger partial charge in [-0.3, -0.25) is 4.79 Å². The summed E-state index contributed by atoms with van der Waals surface area (Å²) in [5, 5.41) is 15.1. The highest BCUT2D eigenvalue weighted by atomic mass is 19.3. The molecule has 2 heterocycles. The number of rotatable bonds is 2. The van der Waals surface area contributed by atoms with Gasteiger partial charge in [-0.2, -0.15) is 0 Å². The lowest BCUT2D eigenvalue weighted by molar-refractivity contribution is -0.0850. The first kappa shape index (κ1) is 15.7. The number of halogens is 2. The number of β-amino-alcohol motifs (C(OH)–C–C–N with tert-alkyl or cyclic N) is 1. The molecule has 1 fully saturated rings. The summed E-state index contributed by atoms with van der Waals surface area (Å²) in [6.45, 7) is 0.127. The Morgan fingerprint density at radius 1 is 1.43 bits per heavy atom. The van der Waals surface area contributed by atoms with Crippen LogP contribution >= 0.6 is 0 Å². The molecule has 0 aromatic heterocycles. The molecule has 2 aliphatic heterocycles. The van der Waals surface area contributed by atoms with Crippen molar-refractivity contribution in [3.05, 3.63) is 29.3 Å². The molecule has 0 radical (unpaired) electrons. The molecule has 0 aliphatic carbocycles. The zero-order valence-corrected chi connectivity index (χ0v) is 12.3. The standard InChI is InChI=1S/C15H17F2N3O3/c16-13(17)15(23)5-7-20(8-15)14(22)19-11-3-1-2-10-9(11)4-6-18-12(10)21/h1-3,13,23H,4-8H2,(H,18,21)(H,19,22). The minimum atomic E-state index is -2.89. The lowest BCUT2D eigenvalue weighted by Gasteiger charge is -2.24. The van der Waals surface area contributed by atoms with E-state index in [-0.39, 0.29) is 18.9 Å². The molecule has 124 valence electrons. The van der Waals surface area contributed by atoms with Crippen molar-refractivity contribution in [3.8, 4) is 0 Å². The molecule has 8 heteroatoms. The fourth-order valence-corrected chi connectivity index (χ4v) is 2.95. The Bertz CT molecular complexity index is 653. The molecule has 0 saturated carbocycles. The number of urea groups is 1. The van der Waals surface area contributed by atoms with E-state index in [4.69, 9.17) is 0 Å². The molecule has 3 amide bonds. The number of aliphatic hydroxyl groups is 1. The van der Waals surface area contributed by atoms with Crippen LogP contribution in [0.25, 0.3) is 0 Å². The maximum atomic E-state index is 12.8. The number of likely N-dealkylation sites (tertiary alicyclic amines) is 1. The van der Waals surface area contributed by atoms with E-state index in [0.29, 0.717) is 24.2 Å². The molecule has 2 aliphatic rings. The quantitative estimate of drug-likeness (QED) is 0.764. The van der Waals surface area contributed by atoms with Crippen LogP contribution in [0.2, 0.25) is 0 Å². The molecule has 3 rings (SSSR count). The molecule has 1 unspecified atom stereocenters.